The van der Waals surface area contributed by atoms with Crippen molar-refractivity contribution < 1.29 is 9.53 Å². The molecule has 1 saturated heterocycles. The van der Waals surface area contributed by atoms with Crippen molar-refractivity contribution in [3.63, 3.8) is 0 Å². The molecular weight excluding hydrogens is 356 g/mol. The quantitative estimate of drug-likeness (QED) is 0.388. The van der Waals surface area contributed by atoms with Crippen molar-refractivity contribution in [3.05, 3.63) is 53.7 Å². The number of nitrogens with two attached hydrogens (primary N) is 1. The van der Waals surface area contributed by atoms with Crippen molar-refractivity contribution in [2.45, 2.75) is 31.9 Å². The van der Waals surface area contributed by atoms with E-state index in [4.69, 9.17) is 15.9 Å². The molecule has 0 saturated carbocycles. The first-order valence-electron chi connectivity index (χ1n) is 9.41. The van der Waals surface area contributed by atoms with Crippen molar-refractivity contribution in [3.8, 4) is 0 Å². The van der Waals surface area contributed by atoms with Gasteiger partial charge >= 0.3 is 6.03 Å². The number of nitrogens with zero attached hydrogens (tertiary/aromatic N) is 1. The van der Waals surface area contributed by atoms with E-state index in [1.54, 1.807) is 6.07 Å². The van der Waals surface area contributed by atoms with Crippen molar-refractivity contribution in [2.24, 2.45) is 0 Å². The summed E-state index contributed by atoms with van der Waals surface area (Å²) in [6, 6.07) is 10.7. The molecule has 148 valence electrons. The molecule has 2 amide bonds. The molecule has 0 aliphatic carbocycles. The molecule has 28 heavy (non-hydrogen) atoms. The lowest BCUT2D eigenvalue weighted by Gasteiger charge is -2.24. The van der Waals surface area contributed by atoms with Crippen LogP contribution in [0.2, 0.25) is 0 Å². The number of amidine groups is 1. The lowest BCUT2D eigenvalue weighted by atomic mass is 9.99. The van der Waals surface area contributed by atoms with Gasteiger partial charge in [-0.1, -0.05) is 30.3 Å². The highest BCUT2D eigenvalue weighted by Crippen LogP contribution is 2.27. The van der Waals surface area contributed by atoms with E-state index >= 15 is 0 Å². The molecule has 3 rings (SSSR count). The third kappa shape index (κ3) is 4.77. The smallest absolute Gasteiger partial charge is 0.320 e. The number of carbonyl (C=O) groups excluding carboxylic acids is 1. The number of hydrogen-bond donors (Lipinski definition) is 5. The first-order chi connectivity index (χ1) is 13.6. The molecule has 2 aromatic rings. The van der Waals surface area contributed by atoms with Crippen LogP contribution in [0.1, 0.15) is 36.9 Å². The highest BCUT2D eigenvalue weighted by molar-refractivity contribution is 6.01. The number of benzene rings is 1. The van der Waals surface area contributed by atoms with Crippen LogP contribution in [0, 0.1) is 5.41 Å². The fourth-order valence-electron chi connectivity index (χ4n) is 3.23. The summed E-state index contributed by atoms with van der Waals surface area (Å²) in [4.78, 5) is 16.8. The van der Waals surface area contributed by atoms with Gasteiger partial charge in [0.1, 0.15) is 11.7 Å². The van der Waals surface area contributed by atoms with E-state index < -0.39 is 0 Å². The number of urea groups is 1. The van der Waals surface area contributed by atoms with Gasteiger partial charge < -0.3 is 21.1 Å². The first kappa shape index (κ1) is 19.6. The Morgan fingerprint density at radius 1 is 1.39 bits per heavy atom. The minimum Gasteiger partial charge on any atom is -0.398 e. The summed E-state index contributed by atoms with van der Waals surface area (Å²) < 4.78 is 5.80. The Morgan fingerprint density at radius 3 is 2.82 bits per heavy atom. The molecular formula is C20H26N6O2. The van der Waals surface area contributed by atoms with Gasteiger partial charge in [-0.05, 0) is 25.3 Å². The van der Waals surface area contributed by atoms with E-state index in [1.807, 2.05) is 37.3 Å². The van der Waals surface area contributed by atoms with E-state index in [0.717, 1.165) is 18.4 Å². The maximum Gasteiger partial charge on any atom is 0.320 e. The van der Waals surface area contributed by atoms with E-state index in [0.29, 0.717) is 30.2 Å². The number of amides is 2. The van der Waals surface area contributed by atoms with Crippen LogP contribution in [0.3, 0.4) is 0 Å². The number of aromatic nitrogens is 1. The SMILES string of the molecule is CCNC(=N)c1cnc(NC(=O)N[C@@H](c2ccccc2)[C@@H]2CCCO2)cc1N. The predicted molar refractivity (Wildman–Crippen MR) is 109 cm³/mol. The first-order valence-corrected chi connectivity index (χ1v) is 9.41. The number of rotatable bonds is 6. The van der Waals surface area contributed by atoms with Crippen LogP contribution in [-0.4, -0.2) is 36.1 Å². The van der Waals surface area contributed by atoms with Crippen molar-refractivity contribution in [1.29, 1.82) is 5.41 Å². The maximum absolute atomic E-state index is 12.6. The summed E-state index contributed by atoms with van der Waals surface area (Å²) in [6.45, 7) is 3.22. The van der Waals surface area contributed by atoms with Gasteiger partial charge in [-0.2, -0.15) is 0 Å². The Balaban J connectivity index is 1.69. The molecule has 2 heterocycles. The van der Waals surface area contributed by atoms with Crippen LogP contribution in [-0.2, 0) is 4.74 Å². The van der Waals surface area contributed by atoms with E-state index in [2.05, 4.69) is 20.9 Å². The fraction of sp³-hybridized carbons (Fsp3) is 0.350. The average Bonchev–Trinajstić information content (AvgIpc) is 3.21. The molecule has 6 N–H and O–H groups in total. The van der Waals surface area contributed by atoms with Gasteiger partial charge in [-0.15, -0.1) is 0 Å². The second-order valence-electron chi connectivity index (χ2n) is 6.60. The molecule has 0 unspecified atom stereocenters. The van der Waals surface area contributed by atoms with Crippen LogP contribution in [0.15, 0.2) is 42.6 Å². The standard InChI is InChI=1S/C20H26N6O2/c1-2-23-19(22)14-12-24-17(11-15(14)21)25-20(27)26-18(16-9-6-10-28-16)13-7-4-3-5-8-13/h3-5,7-8,11-12,16,18H,2,6,9-10H2,1H3,(H2,22,23)(H4,21,24,25,26,27)/t16-,18-/m0/s1. The molecule has 8 nitrogen and oxygen atoms in total. The number of nitrogen functional groups attached to an aromatic ring is 1. The van der Waals surface area contributed by atoms with Gasteiger partial charge in [-0.3, -0.25) is 10.7 Å². The third-order valence-corrected chi connectivity index (χ3v) is 4.58. The van der Waals surface area contributed by atoms with Gasteiger partial charge in [-0.25, -0.2) is 9.78 Å². The molecule has 1 aliphatic rings. The van der Waals surface area contributed by atoms with Gasteiger partial charge in [0.05, 0.1) is 17.7 Å². The number of pyridine rings is 1. The number of hydrogen-bond acceptors (Lipinski definition) is 5. The van der Waals surface area contributed by atoms with Crippen LogP contribution in [0.5, 0.6) is 0 Å². The molecule has 1 fully saturated rings. The number of carbonyl (C=O) groups is 1. The molecule has 2 atom stereocenters. The Bertz CT molecular complexity index is 821. The Hall–Kier alpha value is -3.13. The highest BCUT2D eigenvalue weighted by Gasteiger charge is 2.28. The fourth-order valence-corrected chi connectivity index (χ4v) is 3.23. The van der Waals surface area contributed by atoms with Crippen molar-refractivity contribution in [2.75, 3.05) is 24.2 Å². The zero-order valence-electron chi connectivity index (χ0n) is 15.9. The number of anilines is 2. The Kier molecular flexibility index (Phi) is 6.44. The summed E-state index contributed by atoms with van der Waals surface area (Å²) in [7, 11) is 0. The zero-order valence-corrected chi connectivity index (χ0v) is 15.9. The van der Waals surface area contributed by atoms with Gasteiger partial charge in [0.25, 0.3) is 0 Å². The van der Waals surface area contributed by atoms with Gasteiger partial charge in [0, 0.05) is 31.1 Å². The molecule has 0 bridgehead atoms. The van der Waals surface area contributed by atoms with Crippen molar-refractivity contribution >= 4 is 23.4 Å². The number of ether oxygens (including phenoxy) is 1. The van der Waals surface area contributed by atoms with Crippen molar-refractivity contribution in [1.82, 2.24) is 15.6 Å². The molecule has 8 heteroatoms. The summed E-state index contributed by atoms with van der Waals surface area (Å²) in [5.74, 6) is 0.522. The van der Waals surface area contributed by atoms with E-state index in [-0.39, 0.29) is 24.0 Å². The molecule has 1 aromatic heterocycles. The van der Waals surface area contributed by atoms with Crippen LogP contribution in [0.4, 0.5) is 16.3 Å². The summed E-state index contributed by atoms with van der Waals surface area (Å²) in [5.41, 5.74) is 7.86. The lowest BCUT2D eigenvalue weighted by Crippen LogP contribution is -2.38. The number of nitrogens with one attached hydrogen (secondary N) is 4. The van der Waals surface area contributed by atoms with Gasteiger partial charge in [0.2, 0.25) is 0 Å². The Morgan fingerprint density at radius 2 is 2.18 bits per heavy atom. The molecule has 0 radical (unpaired) electrons. The minimum atomic E-state index is -0.384. The monoisotopic (exact) mass is 382 g/mol. The molecule has 1 aromatic carbocycles. The molecule has 1 aliphatic heterocycles. The van der Waals surface area contributed by atoms with Crippen LogP contribution >= 0.6 is 0 Å². The highest BCUT2D eigenvalue weighted by atomic mass is 16.5. The van der Waals surface area contributed by atoms with E-state index in [9.17, 15) is 4.79 Å². The van der Waals surface area contributed by atoms with Crippen LogP contribution in [0.25, 0.3) is 0 Å². The lowest BCUT2D eigenvalue weighted by molar-refractivity contribution is 0.0815. The second-order valence-corrected chi connectivity index (χ2v) is 6.60. The minimum absolute atomic E-state index is 0.0610. The van der Waals surface area contributed by atoms with Crippen LogP contribution < -0.4 is 21.7 Å². The van der Waals surface area contributed by atoms with E-state index in [1.165, 1.54) is 6.20 Å². The third-order valence-electron chi connectivity index (χ3n) is 4.58. The predicted octanol–water partition coefficient (Wildman–Crippen LogP) is 2.64. The summed E-state index contributed by atoms with van der Waals surface area (Å²) in [6.07, 6.45) is 3.29. The zero-order chi connectivity index (χ0) is 19.9. The summed E-state index contributed by atoms with van der Waals surface area (Å²) in [5, 5.41) is 16.5. The van der Waals surface area contributed by atoms with Gasteiger partial charge in [0.15, 0.2) is 0 Å². The average molecular weight is 382 g/mol. The normalized spacial score (nSPS) is 17.0. The largest absolute Gasteiger partial charge is 0.398 e. The summed E-state index contributed by atoms with van der Waals surface area (Å²) >= 11 is 0. The second kappa shape index (κ2) is 9.18. The Labute approximate surface area is 164 Å². The maximum atomic E-state index is 12.6. The molecule has 0 spiro atoms. The topological polar surface area (TPSA) is 125 Å².